The summed E-state index contributed by atoms with van der Waals surface area (Å²) in [6.45, 7) is 18.0. The Bertz CT molecular complexity index is 862. The van der Waals surface area contributed by atoms with E-state index in [0.29, 0.717) is 0 Å². The van der Waals surface area contributed by atoms with E-state index in [1.807, 2.05) is 0 Å². The fourth-order valence-electron chi connectivity index (χ4n) is 6.28. The lowest BCUT2D eigenvalue weighted by Crippen LogP contribution is -2.69. The number of hydroxylamine groups is 2. The molecule has 3 aliphatic rings. The van der Waals surface area contributed by atoms with Crippen LogP contribution in [-0.4, -0.2) is 48.9 Å². The Hall–Kier alpha value is -1.18. The summed E-state index contributed by atoms with van der Waals surface area (Å²) >= 11 is 0. The lowest BCUT2D eigenvalue weighted by molar-refractivity contribution is -0.395. The largest absolute Gasteiger partial charge is 0.496 e. The van der Waals surface area contributed by atoms with Crippen molar-refractivity contribution in [2.45, 2.75) is 116 Å². The van der Waals surface area contributed by atoms with E-state index in [-0.39, 0.29) is 28.7 Å². The molecule has 0 aromatic heterocycles. The maximum atomic E-state index is 6.88. The first-order valence-corrected chi connectivity index (χ1v) is 13.7. The van der Waals surface area contributed by atoms with Crippen molar-refractivity contribution in [1.29, 1.82) is 0 Å². The Morgan fingerprint density at radius 1 is 1.00 bits per heavy atom. The van der Waals surface area contributed by atoms with Gasteiger partial charge in [-0.3, -0.25) is 4.84 Å². The predicted molar refractivity (Wildman–Crippen MR) is 137 cm³/mol. The molecule has 3 fully saturated rings. The highest BCUT2D eigenvalue weighted by molar-refractivity contribution is 5.40. The zero-order chi connectivity index (χ0) is 25.5. The van der Waals surface area contributed by atoms with E-state index in [1.165, 1.54) is 0 Å². The number of piperidine rings is 1. The summed E-state index contributed by atoms with van der Waals surface area (Å²) in [5.41, 5.74) is 1.88. The normalized spacial score (nSPS) is 27.5. The summed E-state index contributed by atoms with van der Waals surface area (Å²) in [5.74, 6) is 0.292. The van der Waals surface area contributed by atoms with Gasteiger partial charge in [0.05, 0.1) is 32.5 Å². The maximum absolute atomic E-state index is 6.88. The highest BCUT2D eigenvalue weighted by Gasteiger charge is 2.59. The first-order valence-electron chi connectivity index (χ1n) is 13.7. The number of epoxide rings is 1. The van der Waals surface area contributed by atoms with Gasteiger partial charge in [-0.2, -0.15) is 5.06 Å². The van der Waals surface area contributed by atoms with Crippen LogP contribution < -0.4 is 4.74 Å². The highest BCUT2D eigenvalue weighted by Crippen LogP contribution is 2.53. The Kier molecular flexibility index (Phi) is 7.63. The number of benzene rings is 1. The molecule has 3 aliphatic heterocycles. The van der Waals surface area contributed by atoms with E-state index in [1.54, 1.807) is 7.11 Å². The molecule has 6 nitrogen and oxygen atoms in total. The van der Waals surface area contributed by atoms with Crippen LogP contribution >= 0.6 is 0 Å². The number of hydrogen-bond acceptors (Lipinski definition) is 6. The van der Waals surface area contributed by atoms with Gasteiger partial charge >= 0.3 is 0 Å². The van der Waals surface area contributed by atoms with Gasteiger partial charge in [0.15, 0.2) is 5.79 Å². The second-order valence-electron chi connectivity index (χ2n) is 11.7. The molecule has 0 amide bonds. The van der Waals surface area contributed by atoms with Gasteiger partial charge in [-0.25, -0.2) is 0 Å². The average Bonchev–Trinajstić information content (AvgIpc) is 3.71. The van der Waals surface area contributed by atoms with Crippen molar-refractivity contribution in [2.24, 2.45) is 5.41 Å². The van der Waals surface area contributed by atoms with Crippen molar-refractivity contribution in [2.75, 3.05) is 26.9 Å². The summed E-state index contributed by atoms with van der Waals surface area (Å²) in [6, 6.07) is 6.35. The first kappa shape index (κ1) is 26.9. The quantitative estimate of drug-likeness (QED) is 0.358. The maximum Gasteiger partial charge on any atom is 0.172 e. The van der Waals surface area contributed by atoms with Crippen LogP contribution in [0.1, 0.15) is 110 Å². The van der Waals surface area contributed by atoms with Crippen molar-refractivity contribution < 1.29 is 23.8 Å². The number of methoxy groups -OCH3 is 1. The zero-order valence-corrected chi connectivity index (χ0v) is 23.2. The Morgan fingerprint density at radius 3 is 2.14 bits per heavy atom. The lowest BCUT2D eigenvalue weighted by atomic mass is 9.72. The molecule has 6 heteroatoms. The minimum absolute atomic E-state index is 0.132. The van der Waals surface area contributed by atoms with E-state index < -0.39 is 5.79 Å². The molecular formula is C29H47NO5. The van der Waals surface area contributed by atoms with E-state index in [9.17, 15) is 0 Å². The molecule has 3 saturated heterocycles. The molecule has 0 radical (unpaired) electrons. The molecule has 0 saturated carbocycles. The number of nitrogens with zero attached hydrogens (tertiary/aromatic N) is 1. The van der Waals surface area contributed by atoms with Crippen LogP contribution in [0.5, 0.6) is 5.75 Å². The van der Waals surface area contributed by atoms with Crippen LogP contribution in [0.2, 0.25) is 0 Å². The van der Waals surface area contributed by atoms with Gasteiger partial charge in [0, 0.05) is 29.4 Å². The smallest absolute Gasteiger partial charge is 0.172 e. The summed E-state index contributed by atoms with van der Waals surface area (Å²) in [5, 5.41) is 2.28. The average molecular weight is 490 g/mol. The third kappa shape index (κ3) is 5.02. The highest BCUT2D eigenvalue weighted by atomic mass is 16.7. The first-order chi connectivity index (χ1) is 16.6. The molecule has 1 spiro atoms. The fraction of sp³-hybridized carbons (Fsp3) is 0.793. The second-order valence-corrected chi connectivity index (χ2v) is 11.7. The molecule has 0 aliphatic carbocycles. The molecule has 0 bridgehead atoms. The van der Waals surface area contributed by atoms with Gasteiger partial charge in [0.2, 0.25) is 0 Å². The van der Waals surface area contributed by atoms with Crippen molar-refractivity contribution >= 4 is 0 Å². The van der Waals surface area contributed by atoms with Gasteiger partial charge in [0.25, 0.3) is 0 Å². The number of ether oxygens (including phenoxy) is 4. The molecule has 3 heterocycles. The molecule has 2 atom stereocenters. The molecule has 4 rings (SSSR count). The summed E-state index contributed by atoms with van der Waals surface area (Å²) < 4.78 is 24.6. The summed E-state index contributed by atoms with van der Waals surface area (Å²) in [7, 11) is 1.73. The molecular weight excluding hydrogens is 442 g/mol. The Balaban J connectivity index is 1.58. The van der Waals surface area contributed by atoms with E-state index in [2.05, 4.69) is 71.7 Å². The fourth-order valence-corrected chi connectivity index (χ4v) is 6.28. The third-order valence-electron chi connectivity index (χ3n) is 9.04. The van der Waals surface area contributed by atoms with Crippen LogP contribution in [-0.2, 0) is 19.0 Å². The Labute approximate surface area is 212 Å². The van der Waals surface area contributed by atoms with Crippen LogP contribution in [0.15, 0.2) is 18.2 Å². The van der Waals surface area contributed by atoms with Crippen LogP contribution in [0.4, 0.5) is 0 Å². The van der Waals surface area contributed by atoms with Gasteiger partial charge in [-0.15, -0.1) is 0 Å². The minimum Gasteiger partial charge on any atom is -0.496 e. The zero-order valence-electron chi connectivity index (χ0n) is 23.2. The van der Waals surface area contributed by atoms with Gasteiger partial charge < -0.3 is 18.9 Å². The Morgan fingerprint density at radius 2 is 1.63 bits per heavy atom. The summed E-state index contributed by atoms with van der Waals surface area (Å²) in [4.78, 5) is 6.88. The monoisotopic (exact) mass is 489 g/mol. The molecule has 1 aromatic carbocycles. The van der Waals surface area contributed by atoms with E-state index in [0.717, 1.165) is 75.2 Å². The number of rotatable bonds is 9. The van der Waals surface area contributed by atoms with Gasteiger partial charge in [-0.05, 0) is 58.1 Å². The lowest BCUT2D eigenvalue weighted by Gasteiger charge is -2.61. The standard InChI is InChI=1S/C29H47NO5/c1-9-27(10-2)19-33-29(34-20-27)17-26(6,7)30(28(11-3,12-4)18-29)35-21(5)23-14-13-22(25-16-32-25)15-24(23)31-8/h13-15,21,25H,9-12,16-20H2,1-8H3. The van der Waals surface area contributed by atoms with Gasteiger partial charge in [-0.1, -0.05) is 39.8 Å². The van der Waals surface area contributed by atoms with Crippen molar-refractivity contribution in [3.63, 3.8) is 0 Å². The second kappa shape index (κ2) is 9.94. The number of hydrogen-bond donors (Lipinski definition) is 0. The van der Waals surface area contributed by atoms with Gasteiger partial charge in [0.1, 0.15) is 18.0 Å². The molecule has 35 heavy (non-hydrogen) atoms. The van der Waals surface area contributed by atoms with E-state index in [4.69, 9.17) is 23.8 Å². The van der Waals surface area contributed by atoms with Crippen LogP contribution in [0, 0.1) is 5.41 Å². The summed E-state index contributed by atoms with van der Waals surface area (Å²) in [6.07, 6.45) is 5.69. The van der Waals surface area contributed by atoms with Crippen LogP contribution in [0.3, 0.4) is 0 Å². The molecule has 0 N–H and O–H groups in total. The van der Waals surface area contributed by atoms with E-state index >= 15 is 0 Å². The predicted octanol–water partition coefficient (Wildman–Crippen LogP) is 6.74. The third-order valence-corrected chi connectivity index (χ3v) is 9.04. The molecule has 198 valence electrons. The minimum atomic E-state index is -0.559. The van der Waals surface area contributed by atoms with Crippen LogP contribution in [0.25, 0.3) is 0 Å². The topological polar surface area (TPSA) is 52.7 Å². The molecule has 2 unspecified atom stereocenters. The molecule has 1 aromatic rings. The van der Waals surface area contributed by atoms with Crippen molar-refractivity contribution in [3.8, 4) is 5.75 Å². The van der Waals surface area contributed by atoms with Crippen molar-refractivity contribution in [3.05, 3.63) is 29.3 Å². The van der Waals surface area contributed by atoms with Crippen molar-refractivity contribution in [1.82, 2.24) is 5.06 Å². The SMILES string of the molecule is CCC1(CC)COC2(CC(C)(C)N(OC(C)c3ccc(C4CO4)cc3OC)C(CC)(CC)C2)OC1.